The van der Waals surface area contributed by atoms with E-state index in [0.717, 1.165) is 11.4 Å². The van der Waals surface area contributed by atoms with Gasteiger partial charge in [0.25, 0.3) is 0 Å². The van der Waals surface area contributed by atoms with Crippen molar-refractivity contribution in [3.05, 3.63) is 41.2 Å². The molecule has 22 heavy (non-hydrogen) atoms. The molecule has 0 atom stereocenters. The lowest BCUT2D eigenvalue weighted by Gasteiger charge is -2.15. The van der Waals surface area contributed by atoms with Gasteiger partial charge in [0.2, 0.25) is 5.91 Å². The fourth-order valence-electron chi connectivity index (χ4n) is 2.15. The highest BCUT2D eigenvalue weighted by atomic mass is 16.5. The van der Waals surface area contributed by atoms with Gasteiger partial charge < -0.3 is 9.64 Å². The first-order chi connectivity index (χ1) is 10.3. The van der Waals surface area contributed by atoms with Crippen LogP contribution in [0.2, 0.25) is 0 Å². The lowest BCUT2D eigenvalue weighted by molar-refractivity contribution is -0.116. The van der Waals surface area contributed by atoms with Gasteiger partial charge in [-0.1, -0.05) is 0 Å². The van der Waals surface area contributed by atoms with Crippen molar-refractivity contribution in [1.29, 1.82) is 0 Å². The summed E-state index contributed by atoms with van der Waals surface area (Å²) in [4.78, 5) is 25.1. The van der Waals surface area contributed by atoms with Crippen LogP contribution in [0.4, 0.5) is 5.69 Å². The molecular formula is C16H19N3O3. The maximum absolute atomic E-state index is 12.3. The van der Waals surface area contributed by atoms with E-state index in [1.165, 1.54) is 11.8 Å². The first kappa shape index (κ1) is 15.8. The molecule has 6 heteroatoms. The summed E-state index contributed by atoms with van der Waals surface area (Å²) in [6.45, 7) is 5.08. The topological polar surface area (TPSA) is 64.4 Å². The summed E-state index contributed by atoms with van der Waals surface area (Å²) in [5, 5.41) is 4.20. The van der Waals surface area contributed by atoms with Crippen molar-refractivity contribution < 1.29 is 14.3 Å². The average molecular weight is 301 g/mol. The number of hydrogen-bond acceptors (Lipinski definition) is 4. The number of carbonyl (C=O) groups excluding carboxylic acids is 2. The molecule has 2 aromatic rings. The Morgan fingerprint density at radius 2 is 1.77 bits per heavy atom. The largest absolute Gasteiger partial charge is 0.423 e. The van der Waals surface area contributed by atoms with Gasteiger partial charge in [-0.25, -0.2) is 4.79 Å². The van der Waals surface area contributed by atoms with Crippen LogP contribution in [-0.2, 0) is 11.8 Å². The summed E-state index contributed by atoms with van der Waals surface area (Å²) in [5.41, 5.74) is 2.61. The highest BCUT2D eigenvalue weighted by Crippen LogP contribution is 2.21. The van der Waals surface area contributed by atoms with Crippen molar-refractivity contribution in [2.24, 2.45) is 7.05 Å². The van der Waals surface area contributed by atoms with Gasteiger partial charge in [-0.15, -0.1) is 0 Å². The number of anilines is 1. The lowest BCUT2D eigenvalue weighted by Crippen LogP contribution is -2.22. The molecule has 0 aliphatic rings. The van der Waals surface area contributed by atoms with Crippen LogP contribution in [-0.4, -0.2) is 28.7 Å². The summed E-state index contributed by atoms with van der Waals surface area (Å²) in [5.74, 6) is -0.0736. The highest BCUT2D eigenvalue weighted by molar-refractivity contribution is 5.93. The Bertz CT molecular complexity index is 717. The van der Waals surface area contributed by atoms with Crippen LogP contribution in [0.3, 0.4) is 0 Å². The Kier molecular flexibility index (Phi) is 4.30. The standard InChI is InChI=1S/C16H19N3O3/c1-10-15(11(2)19(5)17-10)16(21)22-14-8-6-13(7-9-14)18(4)12(3)20/h6-9H,1-5H3. The molecule has 0 fully saturated rings. The second-order valence-corrected chi connectivity index (χ2v) is 5.13. The lowest BCUT2D eigenvalue weighted by atomic mass is 10.2. The minimum absolute atomic E-state index is 0.0636. The number of ether oxygens (including phenoxy) is 1. The summed E-state index contributed by atoms with van der Waals surface area (Å²) in [6, 6.07) is 6.78. The highest BCUT2D eigenvalue weighted by Gasteiger charge is 2.19. The van der Waals surface area contributed by atoms with E-state index < -0.39 is 5.97 Å². The molecule has 0 saturated carbocycles. The van der Waals surface area contributed by atoms with Gasteiger partial charge in [0.05, 0.1) is 5.69 Å². The number of esters is 1. The number of carbonyl (C=O) groups is 2. The van der Waals surface area contributed by atoms with E-state index >= 15 is 0 Å². The molecule has 0 aliphatic carbocycles. The van der Waals surface area contributed by atoms with E-state index in [-0.39, 0.29) is 5.91 Å². The van der Waals surface area contributed by atoms with Crippen molar-refractivity contribution in [3.63, 3.8) is 0 Å². The van der Waals surface area contributed by atoms with Gasteiger partial charge in [0, 0.05) is 32.4 Å². The summed E-state index contributed by atoms with van der Waals surface area (Å²) < 4.78 is 7.02. The predicted molar refractivity (Wildman–Crippen MR) is 83.2 cm³/mol. The number of aromatic nitrogens is 2. The van der Waals surface area contributed by atoms with Crippen molar-refractivity contribution >= 4 is 17.6 Å². The van der Waals surface area contributed by atoms with Gasteiger partial charge in [0.15, 0.2) is 0 Å². The Labute approximate surface area is 129 Å². The third kappa shape index (κ3) is 3.00. The smallest absolute Gasteiger partial charge is 0.347 e. The molecule has 1 amide bonds. The fraction of sp³-hybridized carbons (Fsp3) is 0.312. The van der Waals surface area contributed by atoms with E-state index in [0.29, 0.717) is 17.0 Å². The van der Waals surface area contributed by atoms with E-state index in [1.54, 1.807) is 50.0 Å². The molecule has 1 heterocycles. The van der Waals surface area contributed by atoms with Gasteiger partial charge in [-0.3, -0.25) is 9.48 Å². The number of rotatable bonds is 3. The second-order valence-electron chi connectivity index (χ2n) is 5.13. The third-order valence-corrected chi connectivity index (χ3v) is 3.62. The summed E-state index contributed by atoms with van der Waals surface area (Å²) in [6.07, 6.45) is 0. The first-order valence-electron chi connectivity index (χ1n) is 6.88. The van der Waals surface area contributed by atoms with Crippen molar-refractivity contribution in [2.45, 2.75) is 20.8 Å². The predicted octanol–water partition coefficient (Wildman–Crippen LogP) is 2.24. The van der Waals surface area contributed by atoms with Crippen LogP contribution in [0, 0.1) is 13.8 Å². The molecular weight excluding hydrogens is 282 g/mol. The number of nitrogens with zero attached hydrogens (tertiary/aromatic N) is 3. The van der Waals surface area contributed by atoms with Crippen LogP contribution in [0.1, 0.15) is 28.7 Å². The minimum Gasteiger partial charge on any atom is -0.423 e. The van der Waals surface area contributed by atoms with Crippen LogP contribution in [0.15, 0.2) is 24.3 Å². The zero-order valence-corrected chi connectivity index (χ0v) is 13.4. The molecule has 0 N–H and O–H groups in total. The Balaban J connectivity index is 2.17. The number of hydrogen-bond donors (Lipinski definition) is 0. The average Bonchev–Trinajstić information content (AvgIpc) is 2.72. The zero-order chi connectivity index (χ0) is 16.4. The minimum atomic E-state index is -0.434. The second kappa shape index (κ2) is 6.01. The molecule has 0 bridgehead atoms. The molecule has 6 nitrogen and oxygen atoms in total. The number of benzene rings is 1. The molecule has 0 saturated heterocycles. The Hall–Kier alpha value is -2.63. The molecule has 1 aromatic carbocycles. The van der Waals surface area contributed by atoms with Gasteiger partial charge in [0.1, 0.15) is 11.3 Å². The van der Waals surface area contributed by atoms with Crippen LogP contribution >= 0.6 is 0 Å². The Morgan fingerprint density at radius 3 is 2.23 bits per heavy atom. The molecule has 1 aromatic heterocycles. The number of aryl methyl sites for hydroxylation is 2. The van der Waals surface area contributed by atoms with E-state index in [1.807, 2.05) is 6.92 Å². The van der Waals surface area contributed by atoms with Gasteiger partial charge in [-0.2, -0.15) is 5.10 Å². The quantitative estimate of drug-likeness (QED) is 0.644. The SMILES string of the molecule is CC(=O)N(C)c1ccc(OC(=O)c2c(C)nn(C)c2C)cc1. The number of amides is 1. The fourth-order valence-corrected chi connectivity index (χ4v) is 2.15. The van der Waals surface area contributed by atoms with Crippen molar-refractivity contribution in [2.75, 3.05) is 11.9 Å². The molecule has 0 aliphatic heterocycles. The zero-order valence-electron chi connectivity index (χ0n) is 13.4. The van der Waals surface area contributed by atoms with Crippen molar-refractivity contribution in [3.8, 4) is 5.75 Å². The molecule has 116 valence electrons. The van der Waals surface area contributed by atoms with E-state index in [9.17, 15) is 9.59 Å². The molecule has 0 radical (unpaired) electrons. The third-order valence-electron chi connectivity index (χ3n) is 3.62. The van der Waals surface area contributed by atoms with Gasteiger partial charge in [-0.05, 0) is 38.1 Å². The maximum Gasteiger partial charge on any atom is 0.347 e. The van der Waals surface area contributed by atoms with Crippen LogP contribution in [0.25, 0.3) is 0 Å². The molecule has 0 unspecified atom stereocenters. The normalized spacial score (nSPS) is 10.4. The summed E-state index contributed by atoms with van der Waals surface area (Å²) in [7, 11) is 3.47. The van der Waals surface area contributed by atoms with Crippen molar-refractivity contribution in [1.82, 2.24) is 9.78 Å². The Morgan fingerprint density at radius 1 is 1.18 bits per heavy atom. The van der Waals surface area contributed by atoms with E-state index in [2.05, 4.69) is 5.10 Å². The van der Waals surface area contributed by atoms with Crippen LogP contribution < -0.4 is 9.64 Å². The van der Waals surface area contributed by atoms with E-state index in [4.69, 9.17) is 4.74 Å². The van der Waals surface area contributed by atoms with Gasteiger partial charge >= 0.3 is 5.97 Å². The molecule has 0 spiro atoms. The maximum atomic E-state index is 12.3. The monoisotopic (exact) mass is 301 g/mol. The summed E-state index contributed by atoms with van der Waals surface area (Å²) >= 11 is 0. The molecule has 2 rings (SSSR count). The first-order valence-corrected chi connectivity index (χ1v) is 6.88. The van der Waals surface area contributed by atoms with Crippen LogP contribution in [0.5, 0.6) is 5.75 Å².